The fourth-order valence-electron chi connectivity index (χ4n) is 1.53. The van der Waals surface area contributed by atoms with Crippen LogP contribution in [0.25, 0.3) is 0 Å². The molecule has 0 aliphatic heterocycles. The molecular weight excluding hydrogens is 231 g/mol. The first kappa shape index (κ1) is 12.5. The zero-order valence-corrected chi connectivity index (χ0v) is 9.69. The maximum Gasteiger partial charge on any atom is 0.707 e. The van der Waals surface area contributed by atoms with Crippen LogP contribution in [0.5, 0.6) is 11.5 Å². The van der Waals surface area contributed by atoms with Crippen molar-refractivity contribution in [1.29, 1.82) is 0 Å². The standard InChI is InChI=1S/C13H13BO4/c15-14(16)18-13-9-5-4-6-11(13)10-17-12-7-2-1-3-8-12/h1-9,15-16H,10H2. The highest BCUT2D eigenvalue weighted by atomic mass is 16.6. The molecule has 2 rings (SSSR count). The van der Waals surface area contributed by atoms with Crippen molar-refractivity contribution in [1.82, 2.24) is 0 Å². The summed E-state index contributed by atoms with van der Waals surface area (Å²) >= 11 is 0. The maximum absolute atomic E-state index is 8.81. The van der Waals surface area contributed by atoms with Gasteiger partial charge >= 0.3 is 7.32 Å². The van der Waals surface area contributed by atoms with Gasteiger partial charge in [0.1, 0.15) is 18.1 Å². The van der Waals surface area contributed by atoms with E-state index in [4.69, 9.17) is 19.4 Å². The van der Waals surface area contributed by atoms with Crippen molar-refractivity contribution >= 4 is 7.32 Å². The fourth-order valence-corrected chi connectivity index (χ4v) is 1.53. The Morgan fingerprint density at radius 1 is 0.889 bits per heavy atom. The highest BCUT2D eigenvalue weighted by Gasteiger charge is 2.13. The van der Waals surface area contributed by atoms with Gasteiger partial charge in [-0.05, 0) is 18.2 Å². The van der Waals surface area contributed by atoms with Crippen LogP contribution in [0, 0.1) is 0 Å². The first-order chi connectivity index (χ1) is 8.75. The SMILES string of the molecule is OB(O)Oc1ccccc1COc1ccccc1. The summed E-state index contributed by atoms with van der Waals surface area (Å²) in [5.74, 6) is 1.14. The van der Waals surface area contributed by atoms with E-state index in [9.17, 15) is 0 Å². The number of rotatable bonds is 5. The molecule has 0 unspecified atom stereocenters. The summed E-state index contributed by atoms with van der Waals surface area (Å²) in [6.07, 6.45) is 0. The minimum atomic E-state index is -1.83. The topological polar surface area (TPSA) is 58.9 Å². The second-order valence-corrected chi connectivity index (χ2v) is 3.65. The van der Waals surface area contributed by atoms with Crippen molar-refractivity contribution in [2.24, 2.45) is 0 Å². The Morgan fingerprint density at radius 2 is 1.56 bits per heavy atom. The number of para-hydroxylation sites is 2. The maximum atomic E-state index is 8.81. The molecule has 0 fully saturated rings. The molecule has 2 aromatic rings. The van der Waals surface area contributed by atoms with Crippen molar-refractivity contribution in [3.8, 4) is 11.5 Å². The predicted molar refractivity (Wildman–Crippen MR) is 68.0 cm³/mol. The van der Waals surface area contributed by atoms with Gasteiger partial charge < -0.3 is 19.4 Å². The van der Waals surface area contributed by atoms with Gasteiger partial charge in [0.05, 0.1) is 0 Å². The van der Waals surface area contributed by atoms with Gasteiger partial charge in [-0.25, -0.2) is 0 Å². The lowest BCUT2D eigenvalue weighted by Gasteiger charge is -2.11. The lowest BCUT2D eigenvalue weighted by atomic mass is 10.2. The van der Waals surface area contributed by atoms with Gasteiger partial charge in [0, 0.05) is 5.56 Å². The van der Waals surface area contributed by atoms with Gasteiger partial charge in [0.2, 0.25) is 0 Å². The van der Waals surface area contributed by atoms with Crippen LogP contribution in [0.3, 0.4) is 0 Å². The molecule has 0 spiro atoms. The Balaban J connectivity index is 2.05. The molecule has 0 atom stereocenters. The van der Waals surface area contributed by atoms with Crippen LogP contribution in [-0.4, -0.2) is 17.4 Å². The average Bonchev–Trinajstić information content (AvgIpc) is 2.38. The van der Waals surface area contributed by atoms with E-state index in [2.05, 4.69) is 0 Å². The summed E-state index contributed by atoms with van der Waals surface area (Å²) in [6, 6.07) is 16.4. The summed E-state index contributed by atoms with van der Waals surface area (Å²) in [6.45, 7) is 0.299. The van der Waals surface area contributed by atoms with Crippen LogP contribution < -0.4 is 9.39 Å². The third kappa shape index (κ3) is 3.51. The largest absolute Gasteiger partial charge is 0.707 e. The summed E-state index contributed by atoms with van der Waals surface area (Å²) in [5, 5.41) is 17.6. The zero-order valence-electron chi connectivity index (χ0n) is 9.69. The molecule has 0 radical (unpaired) electrons. The first-order valence-electron chi connectivity index (χ1n) is 5.54. The Kier molecular flexibility index (Phi) is 4.22. The Morgan fingerprint density at radius 3 is 2.28 bits per heavy atom. The molecule has 2 N–H and O–H groups in total. The molecule has 5 heteroatoms. The fraction of sp³-hybridized carbons (Fsp3) is 0.0769. The summed E-state index contributed by atoms with van der Waals surface area (Å²) in [7, 11) is -1.83. The first-order valence-corrected chi connectivity index (χ1v) is 5.54. The summed E-state index contributed by atoms with van der Waals surface area (Å²) < 4.78 is 10.4. The van der Waals surface area contributed by atoms with Crippen molar-refractivity contribution in [3.05, 3.63) is 60.2 Å². The molecule has 0 heterocycles. The lowest BCUT2D eigenvalue weighted by molar-refractivity contribution is 0.274. The van der Waals surface area contributed by atoms with Crippen molar-refractivity contribution in [2.45, 2.75) is 6.61 Å². The smallest absolute Gasteiger partial charge is 0.512 e. The van der Waals surface area contributed by atoms with Crippen LogP contribution in [0.15, 0.2) is 54.6 Å². The second-order valence-electron chi connectivity index (χ2n) is 3.65. The Hall–Kier alpha value is -1.98. The predicted octanol–water partition coefficient (Wildman–Crippen LogP) is 1.61. The third-order valence-electron chi connectivity index (χ3n) is 2.34. The summed E-state index contributed by atoms with van der Waals surface area (Å²) in [4.78, 5) is 0. The second kappa shape index (κ2) is 6.09. The quantitative estimate of drug-likeness (QED) is 0.784. The van der Waals surface area contributed by atoms with Crippen molar-refractivity contribution in [3.63, 3.8) is 0 Å². The average molecular weight is 244 g/mol. The van der Waals surface area contributed by atoms with E-state index in [0.29, 0.717) is 12.4 Å². The molecular formula is C13H13BO4. The van der Waals surface area contributed by atoms with Crippen LogP contribution in [0.2, 0.25) is 0 Å². The van der Waals surface area contributed by atoms with Gasteiger partial charge in [-0.3, -0.25) is 0 Å². The van der Waals surface area contributed by atoms with E-state index in [0.717, 1.165) is 11.3 Å². The van der Waals surface area contributed by atoms with E-state index in [1.54, 1.807) is 18.2 Å². The highest BCUT2D eigenvalue weighted by Crippen LogP contribution is 2.20. The molecule has 0 aromatic heterocycles. The Labute approximate surface area is 106 Å². The number of benzene rings is 2. The minimum absolute atomic E-state index is 0.299. The molecule has 0 saturated heterocycles. The van der Waals surface area contributed by atoms with Crippen molar-refractivity contribution in [2.75, 3.05) is 0 Å². The summed E-state index contributed by atoms with van der Waals surface area (Å²) in [5.41, 5.74) is 0.745. The molecule has 0 saturated carbocycles. The lowest BCUT2D eigenvalue weighted by Crippen LogP contribution is -2.21. The number of hydrogen-bond acceptors (Lipinski definition) is 4. The van der Waals surface area contributed by atoms with E-state index < -0.39 is 7.32 Å². The van der Waals surface area contributed by atoms with Gasteiger partial charge in [0.25, 0.3) is 0 Å². The molecule has 0 aliphatic rings. The number of ether oxygens (including phenoxy) is 1. The monoisotopic (exact) mass is 244 g/mol. The molecule has 18 heavy (non-hydrogen) atoms. The molecule has 92 valence electrons. The highest BCUT2D eigenvalue weighted by molar-refractivity contribution is 6.33. The van der Waals surface area contributed by atoms with Crippen LogP contribution in [0.4, 0.5) is 0 Å². The van der Waals surface area contributed by atoms with Crippen molar-refractivity contribution < 1.29 is 19.4 Å². The molecule has 2 aromatic carbocycles. The van der Waals surface area contributed by atoms with E-state index in [-0.39, 0.29) is 0 Å². The van der Waals surface area contributed by atoms with Gasteiger partial charge in [0.15, 0.2) is 0 Å². The van der Waals surface area contributed by atoms with E-state index in [1.807, 2.05) is 36.4 Å². The minimum Gasteiger partial charge on any atom is -0.512 e. The van der Waals surface area contributed by atoms with Gasteiger partial charge in [-0.1, -0.05) is 36.4 Å². The number of hydrogen-bond donors (Lipinski definition) is 2. The van der Waals surface area contributed by atoms with Crippen LogP contribution in [-0.2, 0) is 6.61 Å². The van der Waals surface area contributed by atoms with Gasteiger partial charge in [-0.2, -0.15) is 0 Å². The van der Waals surface area contributed by atoms with Crippen LogP contribution in [0.1, 0.15) is 5.56 Å². The molecule has 0 aliphatic carbocycles. The van der Waals surface area contributed by atoms with E-state index in [1.165, 1.54) is 0 Å². The normalized spacial score (nSPS) is 9.89. The molecule has 4 nitrogen and oxygen atoms in total. The van der Waals surface area contributed by atoms with E-state index >= 15 is 0 Å². The third-order valence-corrected chi connectivity index (χ3v) is 2.34. The Bertz CT molecular complexity index is 487. The molecule has 0 amide bonds. The zero-order chi connectivity index (χ0) is 12.8. The van der Waals surface area contributed by atoms with Crippen LogP contribution >= 0.6 is 0 Å². The van der Waals surface area contributed by atoms with Gasteiger partial charge in [-0.15, -0.1) is 0 Å². The molecule has 0 bridgehead atoms.